The molecule has 6 heteroatoms. The number of aryl methyl sites for hydroxylation is 1. The van der Waals surface area contributed by atoms with Gasteiger partial charge in [-0.05, 0) is 48.2 Å². The fourth-order valence-electron chi connectivity index (χ4n) is 3.67. The molecule has 1 fully saturated rings. The van der Waals surface area contributed by atoms with Gasteiger partial charge in [0, 0.05) is 50.6 Å². The first-order chi connectivity index (χ1) is 13.7. The first-order valence-electron chi connectivity index (χ1n) is 9.75. The molecule has 0 spiro atoms. The average Bonchev–Trinajstić information content (AvgIpc) is 2.99. The van der Waals surface area contributed by atoms with Crippen LogP contribution in [0.15, 0.2) is 48.7 Å². The van der Waals surface area contributed by atoms with Crippen LogP contribution in [0, 0.1) is 0 Å². The van der Waals surface area contributed by atoms with Crippen LogP contribution in [0.3, 0.4) is 0 Å². The quantitative estimate of drug-likeness (QED) is 0.837. The molecule has 1 N–H and O–H groups in total. The molecule has 0 bridgehead atoms. The maximum Gasteiger partial charge on any atom is 0.246 e. The monoisotopic (exact) mass is 376 g/mol. The lowest BCUT2D eigenvalue weighted by molar-refractivity contribution is -0.125. The van der Waals surface area contributed by atoms with E-state index in [1.165, 1.54) is 5.69 Å². The second kappa shape index (κ2) is 8.25. The first kappa shape index (κ1) is 18.2. The van der Waals surface area contributed by atoms with E-state index in [0.29, 0.717) is 25.2 Å². The van der Waals surface area contributed by atoms with Crippen LogP contribution in [0.1, 0.15) is 24.0 Å². The number of carbonyl (C=O) groups is 2. The number of para-hydroxylation sites is 1. The summed E-state index contributed by atoms with van der Waals surface area (Å²) in [5, 5.41) is 2.77. The van der Waals surface area contributed by atoms with Crippen molar-refractivity contribution in [2.24, 2.45) is 0 Å². The van der Waals surface area contributed by atoms with Crippen molar-refractivity contribution in [3.8, 4) is 0 Å². The number of hydrogen-bond acceptors (Lipinski definition) is 4. The molecule has 0 unspecified atom stereocenters. The number of anilines is 2. The number of aromatic nitrogens is 1. The fourth-order valence-corrected chi connectivity index (χ4v) is 3.67. The third-order valence-corrected chi connectivity index (χ3v) is 5.21. The molecular formula is C22H24N4O2. The van der Waals surface area contributed by atoms with E-state index < -0.39 is 0 Å². The Morgan fingerprint density at radius 2 is 1.93 bits per heavy atom. The van der Waals surface area contributed by atoms with E-state index in [1.807, 2.05) is 35.2 Å². The van der Waals surface area contributed by atoms with Crippen LogP contribution >= 0.6 is 0 Å². The Morgan fingerprint density at radius 1 is 1.07 bits per heavy atom. The van der Waals surface area contributed by atoms with Crippen LogP contribution < -0.4 is 10.2 Å². The van der Waals surface area contributed by atoms with Crippen LogP contribution in [0.2, 0.25) is 0 Å². The molecular weight excluding hydrogens is 352 g/mol. The Bertz CT molecular complexity index is 895. The summed E-state index contributed by atoms with van der Waals surface area (Å²) >= 11 is 0. The highest BCUT2D eigenvalue weighted by Crippen LogP contribution is 2.21. The zero-order valence-electron chi connectivity index (χ0n) is 15.8. The molecule has 6 nitrogen and oxygen atoms in total. The lowest BCUT2D eigenvalue weighted by Crippen LogP contribution is -2.34. The molecule has 144 valence electrons. The Hall–Kier alpha value is -3.15. The average molecular weight is 376 g/mol. The number of fused-ring (bicyclic) bond motifs is 1. The van der Waals surface area contributed by atoms with Crippen molar-refractivity contribution in [1.82, 2.24) is 9.88 Å². The van der Waals surface area contributed by atoms with Crippen molar-refractivity contribution in [3.05, 3.63) is 59.8 Å². The van der Waals surface area contributed by atoms with Gasteiger partial charge in [0.1, 0.15) is 5.82 Å². The normalized spacial score (nSPS) is 17.2. The minimum atomic E-state index is 0.00387. The lowest BCUT2D eigenvalue weighted by Gasteiger charge is -2.23. The summed E-state index contributed by atoms with van der Waals surface area (Å²) in [6, 6.07) is 12.3. The minimum absolute atomic E-state index is 0.00387. The van der Waals surface area contributed by atoms with Crippen molar-refractivity contribution >= 4 is 29.4 Å². The summed E-state index contributed by atoms with van der Waals surface area (Å²) in [7, 11) is 0. The van der Waals surface area contributed by atoms with E-state index >= 15 is 0 Å². The molecule has 0 atom stereocenters. The molecule has 0 saturated carbocycles. The highest BCUT2D eigenvalue weighted by atomic mass is 16.2. The van der Waals surface area contributed by atoms with Crippen LogP contribution in [-0.2, 0) is 16.0 Å². The number of hydrogen-bond donors (Lipinski definition) is 1. The SMILES string of the molecule is O=C1CCc2cc(C=CC(=O)N3CCCN(c4ccccc4)CC3)cnc2N1. The van der Waals surface area contributed by atoms with Crippen molar-refractivity contribution < 1.29 is 9.59 Å². The zero-order valence-corrected chi connectivity index (χ0v) is 15.8. The second-order valence-corrected chi connectivity index (χ2v) is 7.16. The number of rotatable bonds is 3. The molecule has 0 aliphatic carbocycles. The van der Waals surface area contributed by atoms with Crippen molar-refractivity contribution in [1.29, 1.82) is 0 Å². The molecule has 2 aromatic rings. The number of nitrogens with zero attached hydrogens (tertiary/aromatic N) is 3. The van der Waals surface area contributed by atoms with Gasteiger partial charge in [-0.2, -0.15) is 0 Å². The fraction of sp³-hybridized carbons (Fsp3) is 0.318. The van der Waals surface area contributed by atoms with Crippen LogP contribution in [0.25, 0.3) is 6.08 Å². The predicted molar refractivity (Wildman–Crippen MR) is 110 cm³/mol. The van der Waals surface area contributed by atoms with E-state index in [9.17, 15) is 9.59 Å². The third-order valence-electron chi connectivity index (χ3n) is 5.21. The molecule has 4 rings (SSSR count). The van der Waals surface area contributed by atoms with Crippen LogP contribution in [0.4, 0.5) is 11.5 Å². The van der Waals surface area contributed by atoms with Crippen molar-refractivity contribution in [3.63, 3.8) is 0 Å². The Labute approximate surface area is 164 Å². The minimum Gasteiger partial charge on any atom is -0.370 e. The van der Waals surface area contributed by atoms with Gasteiger partial charge in [0.05, 0.1) is 0 Å². The van der Waals surface area contributed by atoms with Gasteiger partial charge < -0.3 is 15.1 Å². The van der Waals surface area contributed by atoms with Gasteiger partial charge in [0.25, 0.3) is 0 Å². The van der Waals surface area contributed by atoms with Gasteiger partial charge in [-0.3, -0.25) is 9.59 Å². The molecule has 2 amide bonds. The van der Waals surface area contributed by atoms with Crippen LogP contribution in [-0.4, -0.2) is 47.9 Å². The molecule has 1 aromatic heterocycles. The number of benzene rings is 1. The van der Waals surface area contributed by atoms with Gasteiger partial charge in [-0.1, -0.05) is 18.2 Å². The van der Waals surface area contributed by atoms with Crippen molar-refractivity contribution in [2.45, 2.75) is 19.3 Å². The topological polar surface area (TPSA) is 65.5 Å². The van der Waals surface area contributed by atoms with E-state index in [2.05, 4.69) is 27.3 Å². The summed E-state index contributed by atoms with van der Waals surface area (Å²) in [5.74, 6) is 0.665. The van der Waals surface area contributed by atoms with Crippen molar-refractivity contribution in [2.75, 3.05) is 36.4 Å². The number of nitrogens with one attached hydrogen (secondary N) is 1. The Kier molecular flexibility index (Phi) is 5.37. The number of pyridine rings is 1. The van der Waals surface area contributed by atoms with E-state index in [0.717, 1.165) is 37.2 Å². The smallest absolute Gasteiger partial charge is 0.246 e. The second-order valence-electron chi connectivity index (χ2n) is 7.16. The van der Waals surface area contributed by atoms with Gasteiger partial charge in [0.2, 0.25) is 11.8 Å². The maximum atomic E-state index is 12.6. The lowest BCUT2D eigenvalue weighted by atomic mass is 10.0. The number of carbonyl (C=O) groups excluding carboxylic acids is 2. The van der Waals surface area contributed by atoms with Gasteiger partial charge in [-0.15, -0.1) is 0 Å². The Balaban J connectivity index is 1.38. The zero-order chi connectivity index (χ0) is 19.3. The summed E-state index contributed by atoms with van der Waals surface area (Å²) in [4.78, 5) is 32.6. The van der Waals surface area contributed by atoms with E-state index in [4.69, 9.17) is 0 Å². The molecule has 2 aliphatic heterocycles. The van der Waals surface area contributed by atoms with E-state index in [1.54, 1.807) is 12.3 Å². The molecule has 0 radical (unpaired) electrons. The van der Waals surface area contributed by atoms with Gasteiger partial charge >= 0.3 is 0 Å². The molecule has 28 heavy (non-hydrogen) atoms. The largest absolute Gasteiger partial charge is 0.370 e. The summed E-state index contributed by atoms with van der Waals surface area (Å²) in [6.45, 7) is 3.27. The molecule has 2 aliphatic rings. The standard InChI is InChI=1S/C22H24N4O2/c27-20-9-8-18-15-17(16-23-22(18)24-20)7-10-21(28)26-12-4-11-25(13-14-26)19-5-2-1-3-6-19/h1-3,5-7,10,15-16H,4,8-9,11-14H2,(H,23,24,27). The predicted octanol–water partition coefficient (Wildman–Crippen LogP) is 2.72. The maximum absolute atomic E-state index is 12.6. The van der Waals surface area contributed by atoms with Gasteiger partial charge in [-0.25, -0.2) is 4.98 Å². The molecule has 1 saturated heterocycles. The summed E-state index contributed by atoms with van der Waals surface area (Å²) < 4.78 is 0. The third kappa shape index (κ3) is 4.22. The van der Waals surface area contributed by atoms with E-state index in [-0.39, 0.29) is 11.8 Å². The molecule has 3 heterocycles. The number of amides is 2. The Morgan fingerprint density at radius 3 is 2.79 bits per heavy atom. The summed E-state index contributed by atoms with van der Waals surface area (Å²) in [5.41, 5.74) is 3.10. The van der Waals surface area contributed by atoms with Crippen LogP contribution in [0.5, 0.6) is 0 Å². The van der Waals surface area contributed by atoms with Gasteiger partial charge in [0.15, 0.2) is 0 Å². The first-order valence-corrected chi connectivity index (χ1v) is 9.75. The highest BCUT2D eigenvalue weighted by Gasteiger charge is 2.18. The summed E-state index contributed by atoms with van der Waals surface area (Å²) in [6.07, 6.45) is 7.24. The molecule has 1 aromatic carbocycles. The highest BCUT2D eigenvalue weighted by molar-refractivity contribution is 5.93.